The minimum absolute atomic E-state index is 0.0931. The molecule has 0 bridgehead atoms. The van der Waals surface area contributed by atoms with Crippen LogP contribution in [0.5, 0.6) is 0 Å². The fourth-order valence-electron chi connectivity index (χ4n) is 4.19. The van der Waals surface area contributed by atoms with E-state index < -0.39 is 11.4 Å². The third-order valence-corrected chi connectivity index (χ3v) is 6.33. The number of carboxylic acid groups (broad SMARTS) is 1. The Hall–Kier alpha value is -2.05. The topological polar surface area (TPSA) is 88.6 Å². The average molecular weight is 390 g/mol. The first-order valence-corrected chi connectivity index (χ1v) is 9.91. The quantitative estimate of drug-likeness (QED) is 0.837. The lowest BCUT2D eigenvalue weighted by molar-refractivity contribution is 0.0695. The lowest BCUT2D eigenvalue weighted by Crippen LogP contribution is -2.48. The molecule has 1 saturated heterocycles. The summed E-state index contributed by atoms with van der Waals surface area (Å²) in [5.41, 5.74) is 7.16. The Bertz CT molecular complexity index is 967. The Morgan fingerprint density at radius 2 is 2.07 bits per heavy atom. The van der Waals surface area contributed by atoms with Crippen LogP contribution in [0, 0.1) is 5.92 Å². The van der Waals surface area contributed by atoms with Crippen LogP contribution in [-0.4, -0.2) is 34.8 Å². The maximum absolute atomic E-state index is 12.7. The number of hydrogen-bond acceptors (Lipinski definition) is 4. The summed E-state index contributed by atoms with van der Waals surface area (Å²) in [5.74, 6) is -0.688. The number of aromatic nitrogens is 1. The highest BCUT2D eigenvalue weighted by molar-refractivity contribution is 6.38. The molecule has 2 atom stereocenters. The molecule has 7 heteroatoms. The van der Waals surface area contributed by atoms with Crippen LogP contribution >= 0.6 is 11.6 Å². The second-order valence-corrected chi connectivity index (χ2v) is 8.06. The summed E-state index contributed by atoms with van der Waals surface area (Å²) >= 11 is 6.78. The number of fused-ring (bicyclic) bond motifs is 1. The van der Waals surface area contributed by atoms with E-state index in [1.165, 1.54) is 6.20 Å². The number of pyridine rings is 1. The molecule has 27 heavy (non-hydrogen) atoms. The molecular weight excluding hydrogens is 366 g/mol. The van der Waals surface area contributed by atoms with Crippen molar-refractivity contribution in [3.05, 3.63) is 39.1 Å². The van der Waals surface area contributed by atoms with Crippen LogP contribution in [0.15, 0.2) is 23.1 Å². The Balaban J connectivity index is 1.85. The molecule has 6 nitrogen and oxygen atoms in total. The molecule has 2 fully saturated rings. The third kappa shape index (κ3) is 3.11. The van der Waals surface area contributed by atoms with Gasteiger partial charge in [-0.3, -0.25) is 4.79 Å². The van der Waals surface area contributed by atoms with Crippen LogP contribution in [0.3, 0.4) is 0 Å². The summed E-state index contributed by atoms with van der Waals surface area (Å²) in [6.07, 6.45) is 5.46. The number of carbonyl (C=O) groups is 1. The van der Waals surface area contributed by atoms with Crippen molar-refractivity contribution in [2.75, 3.05) is 18.0 Å². The van der Waals surface area contributed by atoms with Crippen LogP contribution in [-0.2, 0) is 0 Å². The predicted octanol–water partition coefficient (Wildman–Crippen LogP) is 3.25. The van der Waals surface area contributed by atoms with Gasteiger partial charge in [-0.2, -0.15) is 0 Å². The first kappa shape index (κ1) is 18.3. The van der Waals surface area contributed by atoms with Gasteiger partial charge in [0.15, 0.2) is 0 Å². The van der Waals surface area contributed by atoms with E-state index in [1.54, 1.807) is 6.07 Å². The minimum atomic E-state index is -1.20. The molecular formula is C20H24ClN3O3. The van der Waals surface area contributed by atoms with Gasteiger partial charge in [0.05, 0.1) is 16.2 Å². The Kier molecular flexibility index (Phi) is 4.64. The molecule has 144 valence electrons. The zero-order valence-electron chi connectivity index (χ0n) is 15.3. The molecule has 2 heterocycles. The summed E-state index contributed by atoms with van der Waals surface area (Å²) in [4.78, 5) is 26.3. The summed E-state index contributed by atoms with van der Waals surface area (Å²) in [6, 6.07) is 3.83. The number of nitrogens with zero attached hydrogens (tertiary/aromatic N) is 2. The molecule has 1 aliphatic carbocycles. The van der Waals surface area contributed by atoms with Gasteiger partial charge in [0.25, 0.3) is 0 Å². The molecule has 2 aliphatic rings. The van der Waals surface area contributed by atoms with E-state index in [4.69, 9.17) is 17.3 Å². The van der Waals surface area contributed by atoms with E-state index >= 15 is 0 Å². The van der Waals surface area contributed by atoms with Crippen LogP contribution in [0.1, 0.15) is 49.0 Å². The number of hydrogen-bond donors (Lipinski definition) is 2. The molecule has 1 aromatic heterocycles. The summed E-state index contributed by atoms with van der Waals surface area (Å²) in [6.45, 7) is 3.76. The molecule has 1 aromatic carbocycles. The van der Waals surface area contributed by atoms with Crippen molar-refractivity contribution >= 4 is 34.2 Å². The van der Waals surface area contributed by atoms with Crippen LogP contribution in [0.4, 0.5) is 5.69 Å². The fourth-order valence-corrected chi connectivity index (χ4v) is 4.57. The van der Waals surface area contributed by atoms with Crippen molar-refractivity contribution in [3.63, 3.8) is 0 Å². The van der Waals surface area contributed by atoms with Gasteiger partial charge in [-0.05, 0) is 37.3 Å². The number of anilines is 1. The highest BCUT2D eigenvalue weighted by atomic mass is 35.5. The molecule has 0 amide bonds. The van der Waals surface area contributed by atoms with Gasteiger partial charge in [-0.1, -0.05) is 24.9 Å². The second kappa shape index (κ2) is 6.84. The number of carboxylic acids is 1. The van der Waals surface area contributed by atoms with Crippen molar-refractivity contribution in [2.24, 2.45) is 11.7 Å². The van der Waals surface area contributed by atoms with Crippen LogP contribution < -0.4 is 16.1 Å². The first-order valence-electron chi connectivity index (χ1n) is 9.53. The Morgan fingerprint density at radius 1 is 1.33 bits per heavy atom. The Labute approximate surface area is 162 Å². The van der Waals surface area contributed by atoms with Crippen molar-refractivity contribution < 1.29 is 9.90 Å². The normalized spacial score (nSPS) is 23.0. The maximum atomic E-state index is 12.7. The molecule has 0 radical (unpaired) electrons. The van der Waals surface area contributed by atoms with E-state index in [0.29, 0.717) is 21.8 Å². The summed E-state index contributed by atoms with van der Waals surface area (Å²) < 4.78 is 1.88. The molecule has 1 saturated carbocycles. The Morgan fingerprint density at radius 3 is 2.67 bits per heavy atom. The maximum Gasteiger partial charge on any atom is 0.341 e. The number of nitrogens with two attached hydrogens (primary N) is 1. The van der Waals surface area contributed by atoms with Gasteiger partial charge in [0, 0.05) is 36.8 Å². The largest absolute Gasteiger partial charge is 0.477 e. The number of halogens is 1. The van der Waals surface area contributed by atoms with E-state index in [9.17, 15) is 14.7 Å². The fraction of sp³-hybridized carbons (Fsp3) is 0.500. The van der Waals surface area contributed by atoms with Crippen molar-refractivity contribution in [2.45, 2.75) is 44.7 Å². The van der Waals surface area contributed by atoms with Gasteiger partial charge < -0.3 is 20.3 Å². The number of piperidine rings is 1. The van der Waals surface area contributed by atoms with Gasteiger partial charge in [-0.15, -0.1) is 0 Å². The number of rotatable bonds is 4. The average Bonchev–Trinajstić information content (AvgIpc) is 3.47. The van der Waals surface area contributed by atoms with Gasteiger partial charge in [0.1, 0.15) is 5.56 Å². The molecule has 4 rings (SSSR count). The number of benzene rings is 1. The van der Waals surface area contributed by atoms with Gasteiger partial charge in [-0.25, -0.2) is 4.79 Å². The predicted molar refractivity (Wildman–Crippen MR) is 107 cm³/mol. The van der Waals surface area contributed by atoms with Crippen molar-refractivity contribution in [1.29, 1.82) is 0 Å². The second-order valence-electron chi connectivity index (χ2n) is 7.68. The highest BCUT2D eigenvalue weighted by Crippen LogP contribution is 2.41. The van der Waals surface area contributed by atoms with Crippen molar-refractivity contribution in [3.8, 4) is 0 Å². The van der Waals surface area contributed by atoms with Crippen LogP contribution in [0.2, 0.25) is 5.02 Å². The number of aromatic carboxylic acids is 1. The first-order chi connectivity index (χ1) is 12.9. The van der Waals surface area contributed by atoms with Gasteiger partial charge >= 0.3 is 5.97 Å². The molecule has 3 N–H and O–H groups in total. The van der Waals surface area contributed by atoms with Gasteiger partial charge in [0.2, 0.25) is 5.43 Å². The van der Waals surface area contributed by atoms with E-state index in [2.05, 4.69) is 11.8 Å². The molecule has 0 unspecified atom stereocenters. The summed E-state index contributed by atoms with van der Waals surface area (Å²) in [7, 11) is 0. The van der Waals surface area contributed by atoms with Crippen LogP contribution in [0.25, 0.3) is 10.9 Å². The zero-order valence-corrected chi connectivity index (χ0v) is 16.1. The van der Waals surface area contributed by atoms with Crippen molar-refractivity contribution in [1.82, 2.24) is 4.57 Å². The molecule has 0 spiro atoms. The summed E-state index contributed by atoms with van der Waals surface area (Å²) in [5, 5.41) is 10.3. The van der Waals surface area contributed by atoms with E-state index in [0.717, 1.165) is 44.5 Å². The zero-order chi connectivity index (χ0) is 19.3. The van der Waals surface area contributed by atoms with E-state index in [1.807, 2.05) is 10.6 Å². The molecule has 1 aliphatic heterocycles. The smallest absolute Gasteiger partial charge is 0.341 e. The monoisotopic (exact) mass is 389 g/mol. The SMILES string of the molecule is CC[C@@H]1CCN(c2ccc3c(=O)c(C(=O)O)cn(C4CC4)c3c2Cl)C[C@H]1N. The lowest BCUT2D eigenvalue weighted by atomic mass is 9.89. The lowest BCUT2D eigenvalue weighted by Gasteiger charge is -2.38. The third-order valence-electron chi connectivity index (χ3n) is 5.95. The van der Waals surface area contributed by atoms with E-state index in [-0.39, 0.29) is 17.6 Å². The minimum Gasteiger partial charge on any atom is -0.477 e. The molecule has 2 aromatic rings. The standard InChI is InChI=1S/C20H24ClN3O3/c1-2-11-7-8-23(10-15(11)22)16-6-5-13-18(17(16)21)24(12-3-4-12)9-14(19(13)25)20(26)27/h5-6,9,11-12,15H,2-4,7-8,10,22H2,1H3,(H,26,27)/t11-,15-/m1/s1. The highest BCUT2D eigenvalue weighted by Gasteiger charge is 2.30.